The molecule has 1 aromatic heterocycles. The highest BCUT2D eigenvalue weighted by Gasteiger charge is 2.25. The van der Waals surface area contributed by atoms with Crippen molar-refractivity contribution in [2.75, 3.05) is 24.8 Å². The molecular weight excluding hydrogens is 475 g/mol. The van der Waals surface area contributed by atoms with E-state index in [1.807, 2.05) is 12.1 Å². The van der Waals surface area contributed by atoms with Gasteiger partial charge >= 0.3 is 0 Å². The van der Waals surface area contributed by atoms with Crippen molar-refractivity contribution < 1.29 is 19.0 Å². The van der Waals surface area contributed by atoms with Gasteiger partial charge in [0.2, 0.25) is 5.95 Å². The van der Waals surface area contributed by atoms with Crippen molar-refractivity contribution in [1.82, 2.24) is 9.97 Å². The lowest BCUT2D eigenvalue weighted by Gasteiger charge is -2.18. The molecule has 2 heterocycles. The lowest BCUT2D eigenvalue weighted by molar-refractivity contribution is -0.124. The number of hydrogen-bond acceptors (Lipinski definition) is 7. The zero-order chi connectivity index (χ0) is 20.3. The van der Waals surface area contributed by atoms with Gasteiger partial charge in [0.05, 0.1) is 16.9 Å². The Bertz CT molecular complexity index is 869. The Balaban J connectivity index is 1.92. The first kappa shape index (κ1) is 20.6. The third-order valence-electron chi connectivity index (χ3n) is 4.36. The maximum Gasteiger partial charge on any atom is 0.254 e. The SMILES string of the molecule is COc1cc(C(C)C)c(Oc2cnc(N)nc2NC(=O)C2CCCO2)cc1I. The highest BCUT2D eigenvalue weighted by atomic mass is 127. The average molecular weight is 498 g/mol. The second-order valence-corrected chi connectivity index (χ2v) is 7.88. The monoisotopic (exact) mass is 498 g/mol. The molecule has 8 nitrogen and oxygen atoms in total. The topological polar surface area (TPSA) is 109 Å². The van der Waals surface area contributed by atoms with Crippen LogP contribution in [0, 0.1) is 3.57 Å². The zero-order valence-electron chi connectivity index (χ0n) is 16.0. The Labute approximate surface area is 177 Å². The third kappa shape index (κ3) is 4.64. The van der Waals surface area contributed by atoms with Crippen LogP contribution >= 0.6 is 22.6 Å². The minimum Gasteiger partial charge on any atom is -0.496 e. The minimum absolute atomic E-state index is 0.0448. The predicted molar refractivity (Wildman–Crippen MR) is 114 cm³/mol. The Morgan fingerprint density at radius 1 is 1.36 bits per heavy atom. The first-order chi connectivity index (χ1) is 13.4. The molecule has 2 aromatic rings. The summed E-state index contributed by atoms with van der Waals surface area (Å²) in [6, 6.07) is 3.83. The number of halogens is 1. The summed E-state index contributed by atoms with van der Waals surface area (Å²) >= 11 is 2.19. The molecule has 3 rings (SSSR count). The van der Waals surface area contributed by atoms with Gasteiger partial charge in [-0.3, -0.25) is 4.79 Å². The number of carbonyl (C=O) groups excluding carboxylic acids is 1. The number of nitrogens with zero attached hydrogens (tertiary/aromatic N) is 2. The molecule has 0 radical (unpaired) electrons. The van der Waals surface area contributed by atoms with E-state index in [0.717, 1.165) is 21.3 Å². The highest BCUT2D eigenvalue weighted by Crippen LogP contribution is 2.38. The normalized spacial score (nSPS) is 16.2. The van der Waals surface area contributed by atoms with Crippen molar-refractivity contribution in [3.05, 3.63) is 27.5 Å². The van der Waals surface area contributed by atoms with Gasteiger partial charge < -0.3 is 25.3 Å². The van der Waals surface area contributed by atoms with Crippen molar-refractivity contribution in [2.45, 2.75) is 38.7 Å². The molecule has 1 atom stereocenters. The van der Waals surface area contributed by atoms with E-state index in [9.17, 15) is 4.79 Å². The van der Waals surface area contributed by atoms with Crippen LogP contribution in [-0.2, 0) is 9.53 Å². The predicted octanol–water partition coefficient (Wildman–Crippen LogP) is 3.71. The van der Waals surface area contributed by atoms with Gasteiger partial charge in [0.25, 0.3) is 5.91 Å². The molecule has 0 spiro atoms. The smallest absolute Gasteiger partial charge is 0.254 e. The number of hydrogen-bond donors (Lipinski definition) is 2. The summed E-state index contributed by atoms with van der Waals surface area (Å²) in [5.41, 5.74) is 6.68. The van der Waals surface area contributed by atoms with Gasteiger partial charge in [-0.05, 0) is 53.5 Å². The molecule has 1 amide bonds. The molecule has 0 saturated carbocycles. The average Bonchev–Trinajstić information content (AvgIpc) is 3.18. The lowest BCUT2D eigenvalue weighted by Crippen LogP contribution is -2.27. The van der Waals surface area contributed by atoms with Crippen LogP contribution in [0.2, 0.25) is 0 Å². The fraction of sp³-hybridized carbons (Fsp3) is 0.421. The number of aromatic nitrogens is 2. The van der Waals surface area contributed by atoms with E-state index in [1.165, 1.54) is 6.20 Å². The summed E-state index contributed by atoms with van der Waals surface area (Å²) < 4.78 is 17.8. The number of anilines is 2. The maximum atomic E-state index is 12.4. The second-order valence-electron chi connectivity index (χ2n) is 6.71. The Morgan fingerprint density at radius 3 is 2.79 bits per heavy atom. The van der Waals surface area contributed by atoms with Gasteiger partial charge in [-0.1, -0.05) is 13.8 Å². The molecular formula is C19H23IN4O4. The summed E-state index contributed by atoms with van der Waals surface area (Å²) in [7, 11) is 1.63. The van der Waals surface area contributed by atoms with Crippen molar-refractivity contribution in [3.8, 4) is 17.2 Å². The molecule has 1 aliphatic heterocycles. The molecule has 1 aromatic carbocycles. The van der Waals surface area contributed by atoms with Crippen LogP contribution in [0.15, 0.2) is 18.3 Å². The van der Waals surface area contributed by atoms with Crippen LogP contribution in [0.25, 0.3) is 0 Å². The molecule has 3 N–H and O–H groups in total. The number of benzene rings is 1. The molecule has 1 unspecified atom stereocenters. The van der Waals surface area contributed by atoms with E-state index < -0.39 is 6.10 Å². The first-order valence-electron chi connectivity index (χ1n) is 8.99. The van der Waals surface area contributed by atoms with E-state index in [1.54, 1.807) is 7.11 Å². The van der Waals surface area contributed by atoms with E-state index in [0.29, 0.717) is 24.5 Å². The van der Waals surface area contributed by atoms with E-state index >= 15 is 0 Å². The number of nitrogens with one attached hydrogen (secondary N) is 1. The standard InChI is InChI=1S/C19H23IN4O4/c1-10(2)11-7-15(26-3)12(20)8-14(11)28-16-9-22-19(21)24-17(16)23-18(25)13-5-4-6-27-13/h7-10,13H,4-6H2,1-3H3,(H3,21,22,23,24,25). The van der Waals surface area contributed by atoms with Gasteiger partial charge in [0, 0.05) is 12.2 Å². The van der Waals surface area contributed by atoms with E-state index in [4.69, 9.17) is 19.9 Å². The molecule has 1 saturated heterocycles. The fourth-order valence-electron chi connectivity index (χ4n) is 2.90. The number of amides is 1. The van der Waals surface area contributed by atoms with Gasteiger partial charge in [-0.25, -0.2) is 4.98 Å². The Morgan fingerprint density at radius 2 is 2.14 bits per heavy atom. The maximum absolute atomic E-state index is 12.4. The summed E-state index contributed by atoms with van der Waals surface area (Å²) in [5.74, 6) is 1.91. The Kier molecular flexibility index (Phi) is 6.55. The number of nitrogen functional groups attached to an aromatic ring is 1. The number of methoxy groups -OCH3 is 1. The molecule has 0 aliphatic carbocycles. The Hall–Kier alpha value is -2.14. The molecule has 1 fully saturated rings. The van der Waals surface area contributed by atoms with Crippen LogP contribution in [0.4, 0.5) is 11.8 Å². The van der Waals surface area contributed by atoms with Crippen LogP contribution in [0.5, 0.6) is 17.2 Å². The molecule has 1 aliphatic rings. The van der Waals surface area contributed by atoms with Crippen LogP contribution in [-0.4, -0.2) is 35.7 Å². The van der Waals surface area contributed by atoms with Crippen molar-refractivity contribution in [1.29, 1.82) is 0 Å². The van der Waals surface area contributed by atoms with Gasteiger partial charge in [-0.15, -0.1) is 0 Å². The second kappa shape index (κ2) is 8.91. The quantitative estimate of drug-likeness (QED) is 0.585. The van der Waals surface area contributed by atoms with E-state index in [2.05, 4.69) is 51.7 Å². The van der Waals surface area contributed by atoms with Crippen molar-refractivity contribution >= 4 is 40.3 Å². The van der Waals surface area contributed by atoms with Crippen molar-refractivity contribution in [2.24, 2.45) is 0 Å². The summed E-state index contributed by atoms with van der Waals surface area (Å²) in [6.07, 6.45) is 2.50. The lowest BCUT2D eigenvalue weighted by atomic mass is 10.0. The zero-order valence-corrected chi connectivity index (χ0v) is 18.1. The number of nitrogens with two attached hydrogens (primary N) is 1. The van der Waals surface area contributed by atoms with Crippen LogP contribution in [0.3, 0.4) is 0 Å². The van der Waals surface area contributed by atoms with Gasteiger partial charge in [0.1, 0.15) is 17.6 Å². The number of rotatable bonds is 6. The van der Waals surface area contributed by atoms with Gasteiger partial charge in [0.15, 0.2) is 11.6 Å². The minimum atomic E-state index is -0.489. The molecule has 0 bridgehead atoms. The number of ether oxygens (including phenoxy) is 3. The highest BCUT2D eigenvalue weighted by molar-refractivity contribution is 14.1. The fourth-order valence-corrected chi connectivity index (χ4v) is 3.55. The summed E-state index contributed by atoms with van der Waals surface area (Å²) in [5, 5.41) is 2.75. The van der Waals surface area contributed by atoms with Crippen LogP contribution < -0.4 is 20.5 Å². The molecule has 150 valence electrons. The van der Waals surface area contributed by atoms with Crippen LogP contribution in [0.1, 0.15) is 38.2 Å². The van der Waals surface area contributed by atoms with Gasteiger partial charge in [-0.2, -0.15) is 4.98 Å². The molecule has 9 heteroatoms. The third-order valence-corrected chi connectivity index (χ3v) is 5.21. The first-order valence-corrected chi connectivity index (χ1v) is 10.1. The summed E-state index contributed by atoms with van der Waals surface area (Å²) in [6.45, 7) is 4.71. The van der Waals surface area contributed by atoms with Crippen molar-refractivity contribution in [3.63, 3.8) is 0 Å². The summed E-state index contributed by atoms with van der Waals surface area (Å²) in [4.78, 5) is 20.6. The molecule has 28 heavy (non-hydrogen) atoms. The van der Waals surface area contributed by atoms with E-state index in [-0.39, 0.29) is 23.6 Å². The largest absolute Gasteiger partial charge is 0.496 e. The number of carbonyl (C=O) groups is 1.